The summed E-state index contributed by atoms with van der Waals surface area (Å²) in [7, 11) is 0. The fourth-order valence-corrected chi connectivity index (χ4v) is 3.59. The third-order valence-electron chi connectivity index (χ3n) is 4.71. The van der Waals surface area contributed by atoms with E-state index in [1.54, 1.807) is 0 Å². The van der Waals surface area contributed by atoms with Gasteiger partial charge < -0.3 is 25.2 Å². The van der Waals surface area contributed by atoms with Crippen LogP contribution in [0.1, 0.15) is 49.4 Å². The predicted molar refractivity (Wildman–Crippen MR) is 94.2 cm³/mol. The van der Waals surface area contributed by atoms with Gasteiger partial charge in [-0.2, -0.15) is 0 Å². The number of aryl methyl sites for hydroxylation is 1. The van der Waals surface area contributed by atoms with Crippen LogP contribution in [0.25, 0.3) is 5.76 Å². The number of allylic oxidation sites excluding steroid dienone is 1. The molecule has 4 N–H and O–H groups in total. The summed E-state index contributed by atoms with van der Waals surface area (Å²) >= 11 is 0. The van der Waals surface area contributed by atoms with Crippen LogP contribution in [0.5, 0.6) is 17.2 Å². The zero-order valence-corrected chi connectivity index (χ0v) is 14.5. The fraction of sp³-hybridized carbons (Fsp3) is 0.150. The summed E-state index contributed by atoms with van der Waals surface area (Å²) in [4.78, 5) is 38.0. The number of carbonyl (C=O) groups is 3. The highest BCUT2D eigenvalue weighted by Gasteiger charge is 2.39. The van der Waals surface area contributed by atoms with Crippen LogP contribution in [0.2, 0.25) is 0 Å². The number of hydrogen-bond acceptors (Lipinski definition) is 8. The summed E-state index contributed by atoms with van der Waals surface area (Å²) in [6.07, 6.45) is -0.550. The second-order valence-corrected chi connectivity index (χ2v) is 6.63. The summed E-state index contributed by atoms with van der Waals surface area (Å²) in [6.45, 7) is 1.54. The topological polar surface area (TPSA) is 141 Å². The number of hydrogen-bond donors (Lipinski definition) is 4. The molecule has 1 aliphatic carbocycles. The molecule has 2 aromatic carbocycles. The molecule has 1 unspecified atom stereocenters. The smallest absolute Gasteiger partial charge is 0.204 e. The molecular formula is C20H14O8. The van der Waals surface area contributed by atoms with Gasteiger partial charge in [0.2, 0.25) is 12.1 Å². The highest BCUT2D eigenvalue weighted by molar-refractivity contribution is 6.31. The van der Waals surface area contributed by atoms with Gasteiger partial charge in [0.25, 0.3) is 0 Å². The molecule has 142 valence electrons. The molecule has 0 saturated carbocycles. The summed E-state index contributed by atoms with van der Waals surface area (Å²) in [5.41, 5.74) is -0.756. The Morgan fingerprint density at radius 2 is 1.57 bits per heavy atom. The zero-order valence-electron chi connectivity index (χ0n) is 14.5. The molecule has 0 aromatic heterocycles. The quantitative estimate of drug-likeness (QED) is 0.497. The Morgan fingerprint density at radius 3 is 2.25 bits per heavy atom. The normalized spacial score (nSPS) is 18.3. The van der Waals surface area contributed by atoms with Crippen molar-refractivity contribution in [2.75, 3.05) is 0 Å². The molecule has 1 heterocycles. The van der Waals surface area contributed by atoms with Gasteiger partial charge in [0, 0.05) is 28.8 Å². The van der Waals surface area contributed by atoms with Gasteiger partial charge in [0.15, 0.2) is 11.6 Å². The molecule has 0 spiro atoms. The lowest BCUT2D eigenvalue weighted by Crippen LogP contribution is -2.26. The van der Waals surface area contributed by atoms with E-state index in [1.807, 2.05) is 0 Å². The highest BCUT2D eigenvalue weighted by Crippen LogP contribution is 2.43. The van der Waals surface area contributed by atoms with Gasteiger partial charge in [0.05, 0.1) is 17.5 Å². The Hall–Kier alpha value is -3.65. The zero-order chi connectivity index (χ0) is 20.3. The van der Waals surface area contributed by atoms with Crippen LogP contribution >= 0.6 is 0 Å². The molecule has 0 bridgehead atoms. The molecule has 2 aliphatic rings. The first-order valence-corrected chi connectivity index (χ1v) is 8.30. The fourth-order valence-electron chi connectivity index (χ4n) is 3.59. The molecule has 0 amide bonds. The number of aromatic hydroxyl groups is 3. The van der Waals surface area contributed by atoms with Gasteiger partial charge in [0.1, 0.15) is 23.0 Å². The number of aliphatic hydroxyl groups excluding tert-OH is 1. The first-order chi connectivity index (χ1) is 13.2. The van der Waals surface area contributed by atoms with Crippen LogP contribution in [-0.2, 0) is 9.53 Å². The number of ketones is 3. The van der Waals surface area contributed by atoms with E-state index in [0.717, 1.165) is 18.2 Å². The lowest BCUT2D eigenvalue weighted by atomic mass is 9.79. The second kappa shape index (κ2) is 5.93. The summed E-state index contributed by atoms with van der Waals surface area (Å²) in [5.74, 6) is -3.59. The largest absolute Gasteiger partial charge is 0.508 e. The van der Waals surface area contributed by atoms with E-state index in [4.69, 9.17) is 4.74 Å². The number of phenols is 3. The summed E-state index contributed by atoms with van der Waals surface area (Å²) in [5, 5.41) is 39.9. The molecule has 28 heavy (non-hydrogen) atoms. The first kappa shape index (κ1) is 17.7. The van der Waals surface area contributed by atoms with Gasteiger partial charge in [-0.15, -0.1) is 0 Å². The van der Waals surface area contributed by atoms with E-state index in [2.05, 4.69) is 0 Å². The van der Waals surface area contributed by atoms with Crippen molar-refractivity contribution in [3.63, 3.8) is 0 Å². The van der Waals surface area contributed by atoms with Crippen molar-refractivity contribution in [1.82, 2.24) is 0 Å². The number of fused-ring (bicyclic) bond motifs is 2. The van der Waals surface area contributed by atoms with Gasteiger partial charge in [-0.1, -0.05) is 0 Å². The maximum absolute atomic E-state index is 13.2. The van der Waals surface area contributed by atoms with Gasteiger partial charge in [-0.3, -0.25) is 14.4 Å². The highest BCUT2D eigenvalue weighted by atomic mass is 16.6. The Morgan fingerprint density at radius 1 is 0.893 bits per heavy atom. The second-order valence-electron chi connectivity index (χ2n) is 6.63. The van der Waals surface area contributed by atoms with Crippen molar-refractivity contribution in [3.05, 3.63) is 57.7 Å². The van der Waals surface area contributed by atoms with Crippen LogP contribution in [0, 0.1) is 6.92 Å². The Kier molecular flexibility index (Phi) is 3.76. The van der Waals surface area contributed by atoms with Crippen molar-refractivity contribution >= 4 is 23.1 Å². The molecule has 4 rings (SSSR count). The Balaban J connectivity index is 2.06. The van der Waals surface area contributed by atoms with Crippen LogP contribution in [0.3, 0.4) is 0 Å². The number of phenolic OH excluding ortho intramolecular Hbond substituents is 3. The standard InChI is InChI=1S/C20H14O8/c1-7-2-11(23)17-18(15(7)13-5-9(22)6-14(25)28-13)19(26)10-3-8(21)4-12(24)16(10)20(17)27/h2-5,14,21,23-25H,6H2,1H3. The van der Waals surface area contributed by atoms with Crippen molar-refractivity contribution < 1.29 is 39.5 Å². The maximum atomic E-state index is 13.2. The van der Waals surface area contributed by atoms with E-state index in [9.17, 15) is 34.8 Å². The minimum atomic E-state index is -1.41. The third kappa shape index (κ3) is 2.46. The van der Waals surface area contributed by atoms with E-state index in [1.165, 1.54) is 13.0 Å². The average molecular weight is 382 g/mol. The lowest BCUT2D eigenvalue weighted by molar-refractivity contribution is -0.125. The van der Waals surface area contributed by atoms with Crippen molar-refractivity contribution in [1.29, 1.82) is 0 Å². The van der Waals surface area contributed by atoms with Crippen LogP contribution < -0.4 is 0 Å². The van der Waals surface area contributed by atoms with E-state index < -0.39 is 40.9 Å². The number of ether oxygens (including phenoxy) is 1. The number of carbonyl (C=O) groups excluding carboxylic acids is 3. The molecule has 8 heteroatoms. The number of aliphatic hydroxyl groups is 1. The maximum Gasteiger partial charge on any atom is 0.204 e. The monoisotopic (exact) mass is 382 g/mol. The Bertz CT molecular complexity index is 1130. The van der Waals surface area contributed by atoms with Crippen LogP contribution in [-0.4, -0.2) is 44.1 Å². The first-order valence-electron chi connectivity index (χ1n) is 8.30. The average Bonchev–Trinajstić information content (AvgIpc) is 2.57. The van der Waals surface area contributed by atoms with Gasteiger partial charge in [-0.05, 0) is 24.6 Å². The molecule has 1 aliphatic heterocycles. The minimum Gasteiger partial charge on any atom is -0.508 e. The predicted octanol–water partition coefficient (Wildman–Crippen LogP) is 1.54. The van der Waals surface area contributed by atoms with Crippen molar-refractivity contribution in [3.8, 4) is 17.2 Å². The lowest BCUT2D eigenvalue weighted by Gasteiger charge is -2.26. The Labute approximate surface area is 157 Å². The molecule has 0 radical (unpaired) electrons. The van der Waals surface area contributed by atoms with Crippen LogP contribution in [0.15, 0.2) is 24.3 Å². The summed E-state index contributed by atoms with van der Waals surface area (Å²) in [6, 6.07) is 3.19. The SMILES string of the molecule is Cc1cc(O)c2c(c1C1=CC(=O)CC(O)O1)C(=O)c1cc(O)cc(O)c1C2=O. The third-order valence-corrected chi connectivity index (χ3v) is 4.71. The minimum absolute atomic E-state index is 0.0757. The summed E-state index contributed by atoms with van der Waals surface area (Å²) < 4.78 is 5.30. The number of benzene rings is 2. The van der Waals surface area contributed by atoms with E-state index in [0.29, 0.717) is 5.56 Å². The van der Waals surface area contributed by atoms with Crippen molar-refractivity contribution in [2.45, 2.75) is 19.6 Å². The van der Waals surface area contributed by atoms with Gasteiger partial charge in [-0.25, -0.2) is 0 Å². The van der Waals surface area contributed by atoms with Crippen molar-refractivity contribution in [2.24, 2.45) is 0 Å². The van der Waals surface area contributed by atoms with E-state index in [-0.39, 0.29) is 40.0 Å². The number of rotatable bonds is 1. The molecule has 1 atom stereocenters. The molecule has 0 fully saturated rings. The van der Waals surface area contributed by atoms with E-state index >= 15 is 0 Å². The molecule has 2 aromatic rings. The molecular weight excluding hydrogens is 368 g/mol. The van der Waals surface area contributed by atoms with Gasteiger partial charge >= 0.3 is 0 Å². The molecule has 8 nitrogen and oxygen atoms in total. The van der Waals surface area contributed by atoms with Crippen LogP contribution in [0.4, 0.5) is 0 Å². The molecule has 0 saturated heterocycles.